The van der Waals surface area contributed by atoms with Gasteiger partial charge < -0.3 is 0 Å². The third-order valence-corrected chi connectivity index (χ3v) is 4.39. The largest absolute Gasteiger partial charge is 0.283 e. The van der Waals surface area contributed by atoms with Gasteiger partial charge in [0.15, 0.2) is 0 Å². The highest BCUT2D eigenvalue weighted by Gasteiger charge is 2.34. The van der Waals surface area contributed by atoms with Crippen molar-refractivity contribution in [2.45, 2.75) is 10.8 Å². The molecule has 0 saturated carbocycles. The standard InChI is InChI=1S/C14H9N3O2S/c15-9-11(12-6-3-4-8-16-12)14-10-5-1-2-7-13(10)20(18,19)17-14/h1-8,11H. The first-order chi connectivity index (χ1) is 9.63. The van der Waals surface area contributed by atoms with Crippen LogP contribution in [0.3, 0.4) is 0 Å². The van der Waals surface area contributed by atoms with E-state index in [1.165, 1.54) is 6.07 Å². The monoisotopic (exact) mass is 283 g/mol. The Balaban J connectivity index is 2.19. The molecule has 1 aliphatic heterocycles. The molecule has 20 heavy (non-hydrogen) atoms. The van der Waals surface area contributed by atoms with Crippen LogP contribution in [0.5, 0.6) is 0 Å². The highest BCUT2D eigenvalue weighted by molar-refractivity contribution is 7.90. The summed E-state index contributed by atoms with van der Waals surface area (Å²) in [7, 11) is -3.71. The van der Waals surface area contributed by atoms with Crippen molar-refractivity contribution in [3.63, 3.8) is 0 Å². The van der Waals surface area contributed by atoms with E-state index >= 15 is 0 Å². The average Bonchev–Trinajstić information content (AvgIpc) is 2.74. The third-order valence-electron chi connectivity index (χ3n) is 3.05. The highest BCUT2D eigenvalue weighted by atomic mass is 32.2. The second-order valence-electron chi connectivity index (χ2n) is 4.26. The number of rotatable bonds is 2. The number of hydrogen-bond donors (Lipinski definition) is 0. The van der Waals surface area contributed by atoms with Crippen molar-refractivity contribution in [2.75, 3.05) is 0 Å². The molecule has 2 heterocycles. The van der Waals surface area contributed by atoms with Crippen LogP contribution in [0, 0.1) is 11.3 Å². The second kappa shape index (κ2) is 4.54. The normalized spacial score (nSPS) is 16.9. The Hall–Kier alpha value is -2.52. The van der Waals surface area contributed by atoms with Gasteiger partial charge in [0.2, 0.25) is 0 Å². The van der Waals surface area contributed by atoms with Crippen LogP contribution in [0.15, 0.2) is 58.0 Å². The minimum atomic E-state index is -3.71. The SMILES string of the molecule is N#CC(C1=NS(=O)(=O)c2ccccc21)c1ccccn1. The summed E-state index contributed by atoms with van der Waals surface area (Å²) < 4.78 is 27.8. The maximum Gasteiger partial charge on any atom is 0.283 e. The molecule has 0 spiro atoms. The third kappa shape index (κ3) is 1.89. The Labute approximate surface area is 116 Å². The molecule has 5 nitrogen and oxygen atoms in total. The summed E-state index contributed by atoms with van der Waals surface area (Å²) in [6.45, 7) is 0. The summed E-state index contributed by atoms with van der Waals surface area (Å²) in [4.78, 5) is 4.26. The van der Waals surface area contributed by atoms with Gasteiger partial charge in [-0.05, 0) is 18.2 Å². The number of benzene rings is 1. The zero-order valence-corrected chi connectivity index (χ0v) is 11.1. The van der Waals surface area contributed by atoms with Crippen LogP contribution < -0.4 is 0 Å². The smallest absolute Gasteiger partial charge is 0.259 e. The van der Waals surface area contributed by atoms with Crippen LogP contribution in [-0.2, 0) is 10.0 Å². The van der Waals surface area contributed by atoms with E-state index in [2.05, 4.69) is 15.5 Å². The van der Waals surface area contributed by atoms with E-state index in [0.29, 0.717) is 11.3 Å². The number of sulfonamides is 1. The van der Waals surface area contributed by atoms with Crippen LogP contribution in [0.2, 0.25) is 0 Å². The van der Waals surface area contributed by atoms with Gasteiger partial charge in [0, 0.05) is 11.8 Å². The van der Waals surface area contributed by atoms with E-state index in [1.807, 2.05) is 0 Å². The number of nitriles is 1. The number of fused-ring (bicyclic) bond motifs is 1. The van der Waals surface area contributed by atoms with Crippen molar-refractivity contribution < 1.29 is 8.42 Å². The fourth-order valence-electron chi connectivity index (χ4n) is 2.15. The zero-order valence-electron chi connectivity index (χ0n) is 10.3. The van der Waals surface area contributed by atoms with Gasteiger partial charge in [-0.3, -0.25) is 4.98 Å². The Bertz CT molecular complexity index is 836. The molecule has 1 unspecified atom stereocenters. The fraction of sp³-hybridized carbons (Fsp3) is 0.0714. The molecule has 1 atom stereocenters. The molecule has 0 radical (unpaired) electrons. The van der Waals surface area contributed by atoms with Crippen LogP contribution in [0.4, 0.5) is 0 Å². The van der Waals surface area contributed by atoms with Crippen LogP contribution >= 0.6 is 0 Å². The van der Waals surface area contributed by atoms with Gasteiger partial charge in [-0.1, -0.05) is 24.3 Å². The molecule has 0 fully saturated rings. The molecule has 0 aliphatic carbocycles. The Morgan fingerprint density at radius 3 is 2.55 bits per heavy atom. The van der Waals surface area contributed by atoms with Crippen LogP contribution in [0.25, 0.3) is 0 Å². The molecule has 1 aromatic carbocycles. The molecule has 0 bridgehead atoms. The van der Waals surface area contributed by atoms with E-state index < -0.39 is 15.9 Å². The summed E-state index contributed by atoms with van der Waals surface area (Å²) in [5.41, 5.74) is 1.20. The number of pyridine rings is 1. The molecule has 3 rings (SSSR count). The summed E-state index contributed by atoms with van der Waals surface area (Å²) in [6.07, 6.45) is 1.57. The lowest BCUT2D eigenvalue weighted by Crippen LogP contribution is -2.12. The van der Waals surface area contributed by atoms with Crippen molar-refractivity contribution >= 4 is 15.7 Å². The predicted octanol–water partition coefficient (Wildman–Crippen LogP) is 1.88. The Kier molecular flexibility index (Phi) is 2.84. The van der Waals surface area contributed by atoms with Gasteiger partial charge in [0.05, 0.1) is 22.4 Å². The van der Waals surface area contributed by atoms with Crippen molar-refractivity contribution in [3.8, 4) is 6.07 Å². The Morgan fingerprint density at radius 2 is 1.85 bits per heavy atom. The molecule has 0 saturated heterocycles. The van der Waals surface area contributed by atoms with Gasteiger partial charge in [0.25, 0.3) is 10.0 Å². The predicted molar refractivity (Wildman–Crippen MR) is 72.8 cm³/mol. The molecule has 98 valence electrons. The first-order valence-corrected chi connectivity index (χ1v) is 7.32. The minimum absolute atomic E-state index is 0.145. The zero-order chi connectivity index (χ0) is 14.2. The molecular weight excluding hydrogens is 274 g/mol. The van der Waals surface area contributed by atoms with Crippen molar-refractivity contribution in [3.05, 3.63) is 59.9 Å². The molecule has 1 aromatic heterocycles. The molecule has 0 N–H and O–H groups in total. The summed E-state index contributed by atoms with van der Waals surface area (Å²) in [6, 6.07) is 13.8. The molecule has 1 aliphatic rings. The first kappa shape index (κ1) is 12.5. The fourth-order valence-corrected chi connectivity index (χ4v) is 3.42. The van der Waals surface area contributed by atoms with Gasteiger partial charge >= 0.3 is 0 Å². The van der Waals surface area contributed by atoms with Crippen molar-refractivity contribution in [2.24, 2.45) is 4.40 Å². The lowest BCUT2D eigenvalue weighted by molar-refractivity contribution is 0.599. The summed E-state index contributed by atoms with van der Waals surface area (Å²) in [5, 5.41) is 9.37. The molecule has 2 aromatic rings. The lowest BCUT2D eigenvalue weighted by Gasteiger charge is -2.08. The molecular formula is C14H9N3O2S. The molecule has 0 amide bonds. The van der Waals surface area contributed by atoms with Crippen LogP contribution in [0.1, 0.15) is 17.2 Å². The van der Waals surface area contributed by atoms with E-state index in [4.69, 9.17) is 0 Å². The quantitative estimate of drug-likeness (QED) is 0.842. The maximum atomic E-state index is 12.0. The number of aromatic nitrogens is 1. The first-order valence-electron chi connectivity index (χ1n) is 5.88. The number of nitrogens with zero attached hydrogens (tertiary/aromatic N) is 3. The highest BCUT2D eigenvalue weighted by Crippen LogP contribution is 2.31. The lowest BCUT2D eigenvalue weighted by atomic mass is 9.94. The van der Waals surface area contributed by atoms with E-state index in [1.54, 1.807) is 42.6 Å². The topological polar surface area (TPSA) is 83.2 Å². The second-order valence-corrected chi connectivity index (χ2v) is 5.84. The minimum Gasteiger partial charge on any atom is -0.259 e. The van der Waals surface area contributed by atoms with Crippen LogP contribution in [-0.4, -0.2) is 19.1 Å². The molecule has 6 heteroatoms. The van der Waals surface area contributed by atoms with E-state index in [0.717, 1.165) is 0 Å². The van der Waals surface area contributed by atoms with Gasteiger partial charge in [0.1, 0.15) is 5.92 Å². The summed E-state index contributed by atoms with van der Waals surface area (Å²) in [5.74, 6) is -0.797. The summed E-state index contributed by atoms with van der Waals surface area (Å²) >= 11 is 0. The van der Waals surface area contributed by atoms with E-state index in [9.17, 15) is 13.7 Å². The Morgan fingerprint density at radius 1 is 1.10 bits per heavy atom. The number of hydrogen-bond acceptors (Lipinski definition) is 4. The van der Waals surface area contributed by atoms with Gasteiger partial charge in [-0.25, -0.2) is 0 Å². The van der Waals surface area contributed by atoms with E-state index in [-0.39, 0.29) is 10.6 Å². The maximum absolute atomic E-state index is 12.0. The van der Waals surface area contributed by atoms with Crippen molar-refractivity contribution in [1.29, 1.82) is 5.26 Å². The average molecular weight is 283 g/mol. The van der Waals surface area contributed by atoms with Gasteiger partial charge in [-0.2, -0.15) is 18.1 Å². The van der Waals surface area contributed by atoms with Gasteiger partial charge in [-0.15, -0.1) is 0 Å². The van der Waals surface area contributed by atoms with Crippen molar-refractivity contribution in [1.82, 2.24) is 4.98 Å².